The van der Waals surface area contributed by atoms with Gasteiger partial charge in [0.05, 0.1) is 0 Å². The van der Waals surface area contributed by atoms with E-state index < -0.39 is 0 Å². The van der Waals surface area contributed by atoms with Gasteiger partial charge in [-0.3, -0.25) is 0 Å². The molecule has 0 bridgehead atoms. The molecule has 0 saturated heterocycles. The minimum atomic E-state index is 1.27. The highest BCUT2D eigenvalue weighted by atomic mass is 14.2. The van der Waals surface area contributed by atoms with E-state index in [-0.39, 0.29) is 0 Å². The number of hydrogen-bond acceptors (Lipinski definition) is 0. The zero-order chi connectivity index (χ0) is 20.8. The van der Waals surface area contributed by atoms with Crippen LogP contribution >= 0.6 is 0 Å². The van der Waals surface area contributed by atoms with Crippen LogP contribution in [0.1, 0.15) is 5.56 Å². The van der Waals surface area contributed by atoms with Gasteiger partial charge in [0, 0.05) is 0 Å². The maximum absolute atomic E-state index is 2.28. The van der Waals surface area contributed by atoms with Crippen molar-refractivity contribution >= 4 is 32.3 Å². The molecule has 6 aromatic rings. The van der Waals surface area contributed by atoms with Crippen molar-refractivity contribution in [3.8, 4) is 22.3 Å². The minimum absolute atomic E-state index is 1.27. The van der Waals surface area contributed by atoms with E-state index in [1.807, 2.05) is 0 Å². The number of hydrogen-bond donors (Lipinski definition) is 0. The molecular formula is C31H22. The third kappa shape index (κ3) is 2.76. The standard InChI is InChI=1S/C31H22/c1-21-11-2-4-14-23(21)30-26-16-6-8-18-28(26)31(29-19-9-7-17-27(29)30)25-20-10-13-22-12-3-5-15-24(22)25/h2-20H,1H3. The third-order valence-corrected chi connectivity index (χ3v) is 6.40. The second-order valence-electron chi connectivity index (χ2n) is 8.18. The van der Waals surface area contributed by atoms with Crippen LogP contribution < -0.4 is 0 Å². The lowest BCUT2D eigenvalue weighted by atomic mass is 9.84. The van der Waals surface area contributed by atoms with Crippen LogP contribution in [0.4, 0.5) is 0 Å². The molecule has 0 atom stereocenters. The molecule has 146 valence electrons. The van der Waals surface area contributed by atoms with Gasteiger partial charge in [-0.15, -0.1) is 0 Å². The Hall–Kier alpha value is -3.90. The summed E-state index contributed by atoms with van der Waals surface area (Å²) in [6.45, 7) is 2.21. The average Bonchev–Trinajstić information content (AvgIpc) is 2.83. The van der Waals surface area contributed by atoms with Gasteiger partial charge in [0.25, 0.3) is 0 Å². The lowest BCUT2D eigenvalue weighted by Crippen LogP contribution is -1.92. The summed E-state index contributed by atoms with van der Waals surface area (Å²) in [5.74, 6) is 0. The lowest BCUT2D eigenvalue weighted by molar-refractivity contribution is 1.47. The highest BCUT2D eigenvalue weighted by molar-refractivity contribution is 6.23. The molecule has 0 heterocycles. The summed E-state index contributed by atoms with van der Waals surface area (Å²) in [5, 5.41) is 7.78. The third-order valence-electron chi connectivity index (χ3n) is 6.40. The zero-order valence-corrected chi connectivity index (χ0v) is 17.5. The van der Waals surface area contributed by atoms with Crippen LogP contribution in [0.15, 0.2) is 115 Å². The van der Waals surface area contributed by atoms with Gasteiger partial charge in [-0.2, -0.15) is 0 Å². The first-order chi connectivity index (χ1) is 15.3. The van der Waals surface area contributed by atoms with Crippen LogP contribution in [0.3, 0.4) is 0 Å². The minimum Gasteiger partial charge on any atom is -0.0620 e. The molecule has 0 fully saturated rings. The molecule has 6 rings (SSSR count). The summed E-state index contributed by atoms with van der Waals surface area (Å²) in [6.07, 6.45) is 0. The second kappa shape index (κ2) is 7.11. The van der Waals surface area contributed by atoms with Crippen molar-refractivity contribution in [3.63, 3.8) is 0 Å². The van der Waals surface area contributed by atoms with Gasteiger partial charge in [-0.05, 0) is 67.1 Å². The average molecular weight is 395 g/mol. The van der Waals surface area contributed by atoms with Crippen LogP contribution in [-0.2, 0) is 0 Å². The maximum atomic E-state index is 2.28. The van der Waals surface area contributed by atoms with Crippen LogP contribution in [0.25, 0.3) is 54.6 Å². The monoisotopic (exact) mass is 394 g/mol. The molecule has 6 aromatic carbocycles. The summed E-state index contributed by atoms with van der Waals surface area (Å²) in [4.78, 5) is 0. The van der Waals surface area contributed by atoms with Gasteiger partial charge in [0.1, 0.15) is 0 Å². The molecule has 0 aromatic heterocycles. The molecule has 0 amide bonds. The van der Waals surface area contributed by atoms with Gasteiger partial charge < -0.3 is 0 Å². The van der Waals surface area contributed by atoms with Crippen LogP contribution in [0.2, 0.25) is 0 Å². The molecule has 0 nitrogen and oxygen atoms in total. The fraction of sp³-hybridized carbons (Fsp3) is 0.0323. The Morgan fingerprint density at radius 1 is 0.355 bits per heavy atom. The Morgan fingerprint density at radius 2 is 0.774 bits per heavy atom. The highest BCUT2D eigenvalue weighted by Crippen LogP contribution is 2.45. The second-order valence-corrected chi connectivity index (χ2v) is 8.18. The number of fused-ring (bicyclic) bond motifs is 3. The molecule has 0 aliphatic rings. The van der Waals surface area contributed by atoms with E-state index in [0.29, 0.717) is 0 Å². The van der Waals surface area contributed by atoms with E-state index in [4.69, 9.17) is 0 Å². The highest BCUT2D eigenvalue weighted by Gasteiger charge is 2.18. The topological polar surface area (TPSA) is 0 Å². The van der Waals surface area contributed by atoms with E-state index in [1.54, 1.807) is 0 Å². The SMILES string of the molecule is Cc1ccccc1-c1c2ccccc2c(-c2cccc3ccccc23)c2ccccc12. The summed E-state index contributed by atoms with van der Waals surface area (Å²) in [6, 6.07) is 41.8. The molecule has 0 N–H and O–H groups in total. The molecule has 0 unspecified atom stereocenters. The number of aryl methyl sites for hydroxylation is 1. The molecule has 0 aliphatic carbocycles. The van der Waals surface area contributed by atoms with Crippen molar-refractivity contribution in [2.45, 2.75) is 6.92 Å². The van der Waals surface area contributed by atoms with Gasteiger partial charge in [0.2, 0.25) is 0 Å². The maximum Gasteiger partial charge on any atom is -0.00201 e. The van der Waals surface area contributed by atoms with Crippen molar-refractivity contribution in [3.05, 3.63) is 121 Å². The molecule has 0 spiro atoms. The fourth-order valence-electron chi connectivity index (χ4n) is 5.01. The van der Waals surface area contributed by atoms with Gasteiger partial charge in [-0.25, -0.2) is 0 Å². The van der Waals surface area contributed by atoms with Crippen LogP contribution in [-0.4, -0.2) is 0 Å². The smallest absolute Gasteiger partial charge is 0.00201 e. The first kappa shape index (κ1) is 17.9. The zero-order valence-electron chi connectivity index (χ0n) is 17.5. The molecular weight excluding hydrogens is 372 g/mol. The molecule has 0 heteroatoms. The van der Waals surface area contributed by atoms with E-state index in [0.717, 1.165) is 0 Å². The van der Waals surface area contributed by atoms with Gasteiger partial charge in [-0.1, -0.05) is 115 Å². The van der Waals surface area contributed by atoms with E-state index >= 15 is 0 Å². The Morgan fingerprint density at radius 3 is 1.39 bits per heavy atom. The fourth-order valence-corrected chi connectivity index (χ4v) is 5.01. The van der Waals surface area contributed by atoms with Crippen molar-refractivity contribution in [2.75, 3.05) is 0 Å². The van der Waals surface area contributed by atoms with Crippen molar-refractivity contribution < 1.29 is 0 Å². The van der Waals surface area contributed by atoms with Crippen molar-refractivity contribution in [2.24, 2.45) is 0 Å². The first-order valence-corrected chi connectivity index (χ1v) is 10.8. The van der Waals surface area contributed by atoms with E-state index in [1.165, 1.54) is 60.1 Å². The molecule has 0 saturated carbocycles. The first-order valence-electron chi connectivity index (χ1n) is 10.8. The molecule has 0 aliphatic heterocycles. The molecule has 0 radical (unpaired) electrons. The van der Waals surface area contributed by atoms with E-state index in [2.05, 4.69) is 122 Å². The quantitative estimate of drug-likeness (QED) is 0.257. The lowest BCUT2D eigenvalue weighted by Gasteiger charge is -2.19. The summed E-state index contributed by atoms with van der Waals surface area (Å²) >= 11 is 0. The Kier molecular flexibility index (Phi) is 4.11. The van der Waals surface area contributed by atoms with Crippen molar-refractivity contribution in [1.29, 1.82) is 0 Å². The predicted molar refractivity (Wildman–Crippen MR) is 135 cm³/mol. The Labute approximate surface area is 182 Å². The van der Waals surface area contributed by atoms with Gasteiger partial charge in [0.15, 0.2) is 0 Å². The van der Waals surface area contributed by atoms with Crippen LogP contribution in [0.5, 0.6) is 0 Å². The predicted octanol–water partition coefficient (Wildman–Crippen LogP) is 8.79. The Balaban J connectivity index is 1.85. The number of rotatable bonds is 2. The summed E-state index contributed by atoms with van der Waals surface area (Å²) < 4.78 is 0. The van der Waals surface area contributed by atoms with Crippen molar-refractivity contribution in [1.82, 2.24) is 0 Å². The van der Waals surface area contributed by atoms with Gasteiger partial charge >= 0.3 is 0 Å². The molecule has 31 heavy (non-hydrogen) atoms. The largest absolute Gasteiger partial charge is 0.0620 e. The summed E-state index contributed by atoms with van der Waals surface area (Å²) in [5.41, 5.74) is 6.55. The van der Waals surface area contributed by atoms with E-state index in [9.17, 15) is 0 Å². The normalized spacial score (nSPS) is 11.4. The number of benzene rings is 6. The Bertz CT molecular complexity index is 1520. The summed E-state index contributed by atoms with van der Waals surface area (Å²) in [7, 11) is 0. The van der Waals surface area contributed by atoms with Crippen LogP contribution in [0, 0.1) is 6.92 Å².